The second-order valence-corrected chi connectivity index (χ2v) is 7.26. The molecule has 0 amide bonds. The summed E-state index contributed by atoms with van der Waals surface area (Å²) >= 11 is 0. The second-order valence-electron chi connectivity index (χ2n) is 7.26. The van der Waals surface area contributed by atoms with Gasteiger partial charge in [0.05, 0.1) is 11.7 Å². The fraction of sp³-hybridized carbons (Fsp3) is 0.400. The number of aromatic nitrogens is 4. The Morgan fingerprint density at radius 2 is 1.79 bits per heavy atom. The highest BCUT2D eigenvalue weighted by molar-refractivity contribution is 5.75. The minimum Gasteiger partial charge on any atom is -0.492 e. The summed E-state index contributed by atoms with van der Waals surface area (Å²) in [4.78, 5) is 39.4. The molecule has 0 unspecified atom stereocenters. The number of fused-ring (bicyclic) bond motifs is 1. The maximum Gasteiger partial charge on any atom is 0.328 e. The van der Waals surface area contributed by atoms with Crippen LogP contribution >= 0.6 is 0 Å². The highest BCUT2D eigenvalue weighted by Gasteiger charge is 2.13. The van der Waals surface area contributed by atoms with E-state index in [1.807, 2.05) is 24.3 Å². The molecule has 1 aliphatic heterocycles. The first-order valence-electron chi connectivity index (χ1n) is 9.61. The van der Waals surface area contributed by atoms with Crippen LogP contribution in [0.2, 0.25) is 0 Å². The van der Waals surface area contributed by atoms with E-state index in [9.17, 15) is 9.59 Å². The number of ether oxygens (including phenoxy) is 1. The average molecular weight is 396 g/mol. The largest absolute Gasteiger partial charge is 0.492 e. The van der Waals surface area contributed by atoms with Crippen LogP contribution in [0.1, 0.15) is 0 Å². The molecule has 0 aliphatic carbocycles. The summed E-state index contributed by atoms with van der Waals surface area (Å²) in [5, 5.41) is 0. The van der Waals surface area contributed by atoms with Crippen LogP contribution in [0.25, 0.3) is 22.4 Å². The molecule has 9 nitrogen and oxygen atoms in total. The van der Waals surface area contributed by atoms with E-state index in [2.05, 4.69) is 31.8 Å². The molecule has 29 heavy (non-hydrogen) atoms. The Hall–Kier alpha value is -3.04. The number of nitrogens with one attached hydrogen (secondary N) is 1. The summed E-state index contributed by atoms with van der Waals surface area (Å²) in [5.74, 6) is 1.20. The molecule has 1 N–H and O–H groups in total. The Kier molecular flexibility index (Phi) is 5.41. The van der Waals surface area contributed by atoms with Crippen molar-refractivity contribution in [2.75, 3.05) is 46.4 Å². The predicted molar refractivity (Wildman–Crippen MR) is 110 cm³/mol. The van der Waals surface area contributed by atoms with Gasteiger partial charge in [-0.15, -0.1) is 0 Å². The molecule has 0 bridgehead atoms. The van der Waals surface area contributed by atoms with Crippen LogP contribution in [-0.4, -0.2) is 75.7 Å². The zero-order valence-corrected chi connectivity index (χ0v) is 16.6. The van der Waals surface area contributed by atoms with Crippen molar-refractivity contribution < 1.29 is 4.74 Å². The van der Waals surface area contributed by atoms with Gasteiger partial charge in [-0.05, 0) is 31.3 Å². The average Bonchev–Trinajstić information content (AvgIpc) is 2.74. The predicted octanol–water partition coefficient (Wildman–Crippen LogP) is 0.310. The molecule has 1 saturated heterocycles. The van der Waals surface area contributed by atoms with Crippen molar-refractivity contribution in [1.82, 2.24) is 29.3 Å². The van der Waals surface area contributed by atoms with Crippen LogP contribution in [0.4, 0.5) is 0 Å². The van der Waals surface area contributed by atoms with E-state index in [0.29, 0.717) is 17.9 Å². The topological polar surface area (TPSA) is 96.3 Å². The van der Waals surface area contributed by atoms with E-state index in [4.69, 9.17) is 4.74 Å². The molecule has 0 spiro atoms. The normalized spacial score (nSPS) is 15.7. The maximum atomic E-state index is 12.1. The van der Waals surface area contributed by atoms with Gasteiger partial charge in [0.25, 0.3) is 5.56 Å². The van der Waals surface area contributed by atoms with Gasteiger partial charge in [-0.25, -0.2) is 14.8 Å². The fourth-order valence-corrected chi connectivity index (χ4v) is 3.34. The molecule has 0 radical (unpaired) electrons. The lowest BCUT2D eigenvalue weighted by molar-refractivity contribution is 0.134. The van der Waals surface area contributed by atoms with Crippen molar-refractivity contribution in [3.05, 3.63) is 51.3 Å². The third-order valence-corrected chi connectivity index (χ3v) is 5.26. The van der Waals surface area contributed by atoms with E-state index >= 15 is 0 Å². The molecule has 9 heteroatoms. The molecule has 3 aromatic rings. The van der Waals surface area contributed by atoms with Crippen LogP contribution in [0.5, 0.6) is 5.75 Å². The van der Waals surface area contributed by atoms with Crippen LogP contribution in [0.3, 0.4) is 0 Å². The number of piperazine rings is 1. The van der Waals surface area contributed by atoms with Crippen molar-refractivity contribution in [1.29, 1.82) is 0 Å². The molecule has 4 rings (SSSR count). The highest BCUT2D eigenvalue weighted by atomic mass is 16.5. The van der Waals surface area contributed by atoms with E-state index in [1.165, 1.54) is 10.8 Å². The zero-order valence-electron chi connectivity index (χ0n) is 16.6. The molecular weight excluding hydrogens is 372 g/mol. The smallest absolute Gasteiger partial charge is 0.328 e. The van der Waals surface area contributed by atoms with Crippen LogP contribution < -0.4 is 16.0 Å². The highest BCUT2D eigenvalue weighted by Crippen LogP contribution is 2.20. The standard InChI is InChI=1S/C20H24N6O3/c1-24-7-9-26(10-8-24)11-12-29-15-5-3-14(4-6-15)18-21-13-16-17(22-18)19(27)23-20(28)25(16)2/h3-6,13H,7-12H2,1-2H3,(H,23,27,28). The van der Waals surface area contributed by atoms with Crippen LogP contribution in [-0.2, 0) is 7.05 Å². The summed E-state index contributed by atoms with van der Waals surface area (Å²) < 4.78 is 7.17. The van der Waals surface area contributed by atoms with Gasteiger partial charge in [-0.1, -0.05) is 0 Å². The Labute approximate surface area is 167 Å². The Bertz CT molecular complexity index is 1110. The molecule has 1 aromatic carbocycles. The number of benzene rings is 1. The first-order chi connectivity index (χ1) is 14.0. The van der Waals surface area contributed by atoms with Gasteiger partial charge in [0, 0.05) is 45.3 Å². The number of aromatic amines is 1. The molecule has 152 valence electrons. The van der Waals surface area contributed by atoms with Gasteiger partial charge in [-0.3, -0.25) is 19.2 Å². The summed E-state index contributed by atoms with van der Waals surface area (Å²) in [7, 11) is 3.71. The van der Waals surface area contributed by atoms with E-state index in [-0.39, 0.29) is 5.52 Å². The van der Waals surface area contributed by atoms with Crippen molar-refractivity contribution in [3.8, 4) is 17.1 Å². The fourth-order valence-electron chi connectivity index (χ4n) is 3.34. The minimum atomic E-state index is -0.518. The van der Waals surface area contributed by atoms with Gasteiger partial charge in [0.15, 0.2) is 11.3 Å². The number of hydrogen-bond donors (Lipinski definition) is 1. The molecule has 2 aromatic heterocycles. The molecule has 1 aliphatic rings. The number of likely N-dealkylation sites (N-methyl/N-ethyl adjacent to an activating group) is 1. The molecule has 0 saturated carbocycles. The number of nitrogens with zero attached hydrogens (tertiary/aromatic N) is 5. The zero-order chi connectivity index (χ0) is 20.4. The van der Waals surface area contributed by atoms with Crippen molar-refractivity contribution >= 4 is 11.0 Å². The van der Waals surface area contributed by atoms with Crippen LogP contribution in [0, 0.1) is 0 Å². The van der Waals surface area contributed by atoms with E-state index in [1.54, 1.807) is 7.05 Å². The SMILES string of the molecule is CN1CCN(CCOc2ccc(-c3ncc4c(n3)c(=O)[nH]c(=O)n4C)cc2)CC1. The van der Waals surface area contributed by atoms with Gasteiger partial charge in [-0.2, -0.15) is 0 Å². The van der Waals surface area contributed by atoms with E-state index < -0.39 is 11.2 Å². The lowest BCUT2D eigenvalue weighted by Gasteiger charge is -2.32. The van der Waals surface area contributed by atoms with Crippen LogP contribution in [0.15, 0.2) is 40.1 Å². The van der Waals surface area contributed by atoms with Gasteiger partial charge < -0.3 is 9.64 Å². The first-order valence-corrected chi connectivity index (χ1v) is 9.61. The summed E-state index contributed by atoms with van der Waals surface area (Å²) in [5.41, 5.74) is 0.343. The quantitative estimate of drug-likeness (QED) is 0.663. The molecule has 1 fully saturated rings. The summed E-state index contributed by atoms with van der Waals surface area (Å²) in [6, 6.07) is 7.47. The minimum absolute atomic E-state index is 0.185. The summed E-state index contributed by atoms with van der Waals surface area (Å²) in [6.07, 6.45) is 1.49. The van der Waals surface area contributed by atoms with Gasteiger partial charge in [0.2, 0.25) is 0 Å². The van der Waals surface area contributed by atoms with Crippen molar-refractivity contribution in [2.24, 2.45) is 7.05 Å². The molecular formula is C20H24N6O3. The summed E-state index contributed by atoms with van der Waals surface area (Å²) in [6.45, 7) is 5.88. The lowest BCUT2D eigenvalue weighted by Crippen LogP contribution is -2.45. The van der Waals surface area contributed by atoms with E-state index in [0.717, 1.165) is 44.0 Å². The molecule has 0 atom stereocenters. The van der Waals surface area contributed by atoms with Gasteiger partial charge >= 0.3 is 5.69 Å². The lowest BCUT2D eigenvalue weighted by atomic mass is 10.2. The number of aryl methyl sites for hydroxylation is 1. The third-order valence-electron chi connectivity index (χ3n) is 5.26. The number of rotatable bonds is 5. The molecule has 3 heterocycles. The Morgan fingerprint density at radius 3 is 2.52 bits per heavy atom. The number of H-pyrrole nitrogens is 1. The first kappa shape index (κ1) is 19.3. The Balaban J connectivity index is 1.44. The van der Waals surface area contributed by atoms with Crippen molar-refractivity contribution in [2.45, 2.75) is 0 Å². The second kappa shape index (κ2) is 8.14. The number of hydrogen-bond acceptors (Lipinski definition) is 7. The van der Waals surface area contributed by atoms with Crippen molar-refractivity contribution in [3.63, 3.8) is 0 Å². The third kappa shape index (κ3) is 4.20. The van der Waals surface area contributed by atoms with Gasteiger partial charge in [0.1, 0.15) is 12.4 Å². The maximum absolute atomic E-state index is 12.1. The Morgan fingerprint density at radius 1 is 1.07 bits per heavy atom. The monoisotopic (exact) mass is 396 g/mol.